The van der Waals surface area contributed by atoms with Gasteiger partial charge in [0.25, 0.3) is 5.91 Å². The molecule has 0 aliphatic carbocycles. The molecule has 0 bridgehead atoms. The maximum absolute atomic E-state index is 13.2. The standard InChI is InChI=1S/C25H25N3O2/c29-24(27-15-13-19-7-2-1-3-8-19)23-12-6-16-28(23)25(30)21-10-4-9-20(17-21)22-11-5-14-26-18-22/h1-5,7-11,14,17-18,23H,6,12-13,15-16H2,(H,27,29). The molecular weight excluding hydrogens is 374 g/mol. The van der Waals surface area contributed by atoms with Gasteiger partial charge >= 0.3 is 0 Å². The molecule has 152 valence electrons. The van der Waals surface area contributed by atoms with Gasteiger partial charge in [-0.2, -0.15) is 0 Å². The fourth-order valence-corrected chi connectivity index (χ4v) is 3.91. The van der Waals surface area contributed by atoms with Crippen molar-refractivity contribution in [3.63, 3.8) is 0 Å². The third-order valence-electron chi connectivity index (χ3n) is 5.48. The van der Waals surface area contributed by atoms with Gasteiger partial charge in [0.05, 0.1) is 0 Å². The van der Waals surface area contributed by atoms with Gasteiger partial charge in [-0.05, 0) is 48.6 Å². The minimum atomic E-state index is -0.407. The number of hydrogen-bond acceptors (Lipinski definition) is 3. The maximum Gasteiger partial charge on any atom is 0.254 e. The van der Waals surface area contributed by atoms with Crippen molar-refractivity contribution >= 4 is 11.8 Å². The van der Waals surface area contributed by atoms with Crippen LogP contribution in [0.15, 0.2) is 79.1 Å². The predicted octanol–water partition coefficient (Wildman–Crippen LogP) is 3.71. The molecule has 1 aliphatic heterocycles. The van der Waals surface area contributed by atoms with Crippen LogP contribution in [0, 0.1) is 0 Å². The van der Waals surface area contributed by atoms with E-state index in [4.69, 9.17) is 0 Å². The number of carbonyl (C=O) groups excluding carboxylic acids is 2. The molecule has 4 rings (SSSR count). The summed E-state index contributed by atoms with van der Waals surface area (Å²) in [6.07, 6.45) is 5.82. The topological polar surface area (TPSA) is 62.3 Å². The van der Waals surface area contributed by atoms with Crippen molar-refractivity contribution in [3.05, 3.63) is 90.3 Å². The zero-order chi connectivity index (χ0) is 20.8. The average molecular weight is 399 g/mol. The van der Waals surface area contributed by atoms with E-state index in [-0.39, 0.29) is 11.8 Å². The Hall–Kier alpha value is -3.47. The molecule has 0 saturated carbocycles. The number of hydrogen-bond donors (Lipinski definition) is 1. The average Bonchev–Trinajstić information content (AvgIpc) is 3.30. The Labute approximate surface area is 176 Å². The zero-order valence-corrected chi connectivity index (χ0v) is 16.8. The molecule has 1 aromatic heterocycles. The summed E-state index contributed by atoms with van der Waals surface area (Å²) in [5.41, 5.74) is 3.69. The summed E-state index contributed by atoms with van der Waals surface area (Å²) in [7, 11) is 0. The highest BCUT2D eigenvalue weighted by Gasteiger charge is 2.34. The number of aromatic nitrogens is 1. The highest BCUT2D eigenvalue weighted by atomic mass is 16.2. The fraction of sp³-hybridized carbons (Fsp3) is 0.240. The molecule has 2 amide bonds. The third kappa shape index (κ3) is 4.57. The van der Waals surface area contributed by atoms with Crippen LogP contribution in [0.4, 0.5) is 0 Å². The van der Waals surface area contributed by atoms with Crippen LogP contribution in [-0.2, 0) is 11.2 Å². The normalized spacial score (nSPS) is 15.7. The first-order valence-corrected chi connectivity index (χ1v) is 10.4. The van der Waals surface area contributed by atoms with Crippen molar-refractivity contribution in [2.24, 2.45) is 0 Å². The van der Waals surface area contributed by atoms with Gasteiger partial charge in [-0.15, -0.1) is 0 Å². The van der Waals surface area contributed by atoms with E-state index in [1.54, 1.807) is 17.3 Å². The highest BCUT2D eigenvalue weighted by Crippen LogP contribution is 2.24. The fourth-order valence-electron chi connectivity index (χ4n) is 3.91. The molecule has 3 aromatic rings. The third-order valence-corrected chi connectivity index (χ3v) is 5.48. The lowest BCUT2D eigenvalue weighted by molar-refractivity contribution is -0.124. The Morgan fingerprint density at radius 2 is 1.83 bits per heavy atom. The minimum absolute atomic E-state index is 0.0693. The SMILES string of the molecule is O=C(NCCc1ccccc1)C1CCCN1C(=O)c1cccc(-c2cccnc2)c1. The van der Waals surface area contributed by atoms with Gasteiger partial charge < -0.3 is 10.2 Å². The van der Waals surface area contributed by atoms with E-state index in [2.05, 4.69) is 10.3 Å². The number of likely N-dealkylation sites (tertiary alicyclic amines) is 1. The van der Waals surface area contributed by atoms with Gasteiger partial charge in [0.2, 0.25) is 5.91 Å². The van der Waals surface area contributed by atoms with Crippen molar-refractivity contribution in [1.82, 2.24) is 15.2 Å². The molecule has 1 aliphatic rings. The molecule has 1 saturated heterocycles. The smallest absolute Gasteiger partial charge is 0.254 e. The monoisotopic (exact) mass is 399 g/mol. The van der Waals surface area contributed by atoms with E-state index < -0.39 is 6.04 Å². The molecule has 5 nitrogen and oxygen atoms in total. The number of nitrogens with zero attached hydrogens (tertiary/aromatic N) is 2. The van der Waals surface area contributed by atoms with Gasteiger partial charge in [-0.1, -0.05) is 48.5 Å². The second kappa shape index (κ2) is 9.35. The largest absolute Gasteiger partial charge is 0.354 e. The van der Waals surface area contributed by atoms with E-state index >= 15 is 0 Å². The Kier molecular flexibility index (Phi) is 6.18. The van der Waals surface area contributed by atoms with Crippen LogP contribution in [0.5, 0.6) is 0 Å². The van der Waals surface area contributed by atoms with Crippen molar-refractivity contribution in [1.29, 1.82) is 0 Å². The van der Waals surface area contributed by atoms with Gasteiger partial charge in [0.1, 0.15) is 6.04 Å². The van der Waals surface area contributed by atoms with Crippen LogP contribution in [-0.4, -0.2) is 40.8 Å². The summed E-state index contributed by atoms with van der Waals surface area (Å²) < 4.78 is 0. The van der Waals surface area contributed by atoms with Crippen LogP contribution in [0.25, 0.3) is 11.1 Å². The first-order chi connectivity index (χ1) is 14.7. The van der Waals surface area contributed by atoms with Gasteiger partial charge in [-0.25, -0.2) is 0 Å². The summed E-state index contributed by atoms with van der Waals surface area (Å²) in [5, 5.41) is 3.01. The number of benzene rings is 2. The van der Waals surface area contributed by atoms with Crippen molar-refractivity contribution in [3.8, 4) is 11.1 Å². The molecule has 0 radical (unpaired) electrons. The lowest BCUT2D eigenvalue weighted by atomic mass is 10.0. The molecule has 2 heterocycles. The molecule has 30 heavy (non-hydrogen) atoms. The summed E-state index contributed by atoms with van der Waals surface area (Å²) in [6.45, 7) is 1.17. The lowest BCUT2D eigenvalue weighted by Gasteiger charge is -2.24. The minimum Gasteiger partial charge on any atom is -0.354 e. The number of rotatable bonds is 6. The summed E-state index contributed by atoms with van der Waals surface area (Å²) in [4.78, 5) is 31.8. The maximum atomic E-state index is 13.2. The summed E-state index contributed by atoms with van der Waals surface area (Å²) in [5.74, 6) is -0.165. The second-order valence-corrected chi connectivity index (χ2v) is 7.51. The van der Waals surface area contributed by atoms with E-state index in [1.165, 1.54) is 5.56 Å². The Morgan fingerprint density at radius 1 is 1.00 bits per heavy atom. The van der Waals surface area contributed by atoms with Gasteiger partial charge in [0, 0.05) is 36.6 Å². The molecule has 1 unspecified atom stereocenters. The first-order valence-electron chi connectivity index (χ1n) is 10.4. The zero-order valence-electron chi connectivity index (χ0n) is 16.8. The van der Waals surface area contributed by atoms with E-state index in [9.17, 15) is 9.59 Å². The highest BCUT2D eigenvalue weighted by molar-refractivity contribution is 5.98. The predicted molar refractivity (Wildman–Crippen MR) is 117 cm³/mol. The molecule has 2 aromatic carbocycles. The quantitative estimate of drug-likeness (QED) is 0.687. The Morgan fingerprint density at radius 3 is 2.63 bits per heavy atom. The van der Waals surface area contributed by atoms with Crippen LogP contribution in [0.2, 0.25) is 0 Å². The number of pyridine rings is 1. The van der Waals surface area contributed by atoms with Crippen LogP contribution in [0.3, 0.4) is 0 Å². The first kappa shape index (κ1) is 19.8. The van der Waals surface area contributed by atoms with Crippen molar-refractivity contribution in [2.45, 2.75) is 25.3 Å². The number of carbonyl (C=O) groups is 2. The second-order valence-electron chi connectivity index (χ2n) is 7.51. The molecular formula is C25H25N3O2. The van der Waals surface area contributed by atoms with Crippen LogP contribution in [0.1, 0.15) is 28.8 Å². The Balaban J connectivity index is 1.41. The van der Waals surface area contributed by atoms with Crippen molar-refractivity contribution < 1.29 is 9.59 Å². The molecule has 1 atom stereocenters. The van der Waals surface area contributed by atoms with E-state index in [0.717, 1.165) is 24.0 Å². The van der Waals surface area contributed by atoms with Gasteiger partial charge in [0.15, 0.2) is 0 Å². The molecule has 5 heteroatoms. The lowest BCUT2D eigenvalue weighted by Crippen LogP contribution is -2.46. The molecule has 1 N–H and O–H groups in total. The number of amides is 2. The van der Waals surface area contributed by atoms with E-state index in [1.807, 2.05) is 66.7 Å². The number of nitrogens with one attached hydrogen (secondary N) is 1. The summed E-state index contributed by atoms with van der Waals surface area (Å²) >= 11 is 0. The molecule has 0 spiro atoms. The Bertz CT molecular complexity index is 1010. The van der Waals surface area contributed by atoms with Crippen LogP contribution >= 0.6 is 0 Å². The van der Waals surface area contributed by atoms with Crippen LogP contribution < -0.4 is 5.32 Å². The van der Waals surface area contributed by atoms with Gasteiger partial charge in [-0.3, -0.25) is 14.6 Å². The van der Waals surface area contributed by atoms with E-state index in [0.29, 0.717) is 25.1 Å². The molecule has 1 fully saturated rings. The van der Waals surface area contributed by atoms with Crippen molar-refractivity contribution in [2.75, 3.05) is 13.1 Å². The summed E-state index contributed by atoms with van der Waals surface area (Å²) in [6, 6.07) is 21.0.